The Bertz CT molecular complexity index is 783. The fraction of sp³-hybridized carbons (Fsp3) is 0.211. The van der Waals surface area contributed by atoms with Crippen molar-refractivity contribution in [1.82, 2.24) is 4.98 Å². The Morgan fingerprint density at radius 3 is 2.19 bits per heavy atom. The molecule has 0 spiro atoms. The van der Waals surface area contributed by atoms with Crippen molar-refractivity contribution >= 4 is 24.2 Å². The molecule has 0 fully saturated rings. The molecule has 3 rings (SSSR count). The number of benzene rings is 2. The number of hydrogen-bond donors (Lipinski definition) is 0. The predicted octanol–water partition coefficient (Wildman–Crippen LogP) is 4.76. The number of aromatic nitrogens is 1. The molecule has 1 heterocycles. The van der Waals surface area contributed by atoms with Crippen LogP contribution >= 0.6 is 0 Å². The quantitative estimate of drug-likeness (QED) is 0.621. The first-order valence-corrected chi connectivity index (χ1v) is 10.9. The zero-order valence-electron chi connectivity index (χ0n) is 13.1. The van der Waals surface area contributed by atoms with Gasteiger partial charge in [0.05, 0.1) is 19.3 Å². The van der Waals surface area contributed by atoms with Crippen LogP contribution in [-0.2, 0) is 0 Å². The highest BCUT2D eigenvalue weighted by Gasteiger charge is 2.16. The van der Waals surface area contributed by atoms with Gasteiger partial charge in [-0.05, 0) is 19.1 Å². The highest BCUT2D eigenvalue weighted by Crippen LogP contribution is 2.21. The zero-order valence-corrected chi connectivity index (χ0v) is 14.1. The Morgan fingerprint density at radius 2 is 1.52 bits per heavy atom. The second-order valence-corrected chi connectivity index (χ2v) is 11.8. The predicted molar refractivity (Wildman–Crippen MR) is 94.9 cm³/mol. The van der Waals surface area contributed by atoms with E-state index in [1.54, 1.807) is 0 Å². The highest BCUT2D eigenvalue weighted by molar-refractivity contribution is 6.88. The van der Waals surface area contributed by atoms with Crippen LogP contribution < -0.4 is 5.19 Å². The maximum atomic E-state index is 4.81. The van der Waals surface area contributed by atoms with Crippen LogP contribution in [0.2, 0.25) is 19.6 Å². The van der Waals surface area contributed by atoms with Crippen molar-refractivity contribution < 1.29 is 0 Å². The van der Waals surface area contributed by atoms with Crippen LogP contribution in [0.1, 0.15) is 5.56 Å². The minimum atomic E-state index is -1.26. The average Bonchev–Trinajstić information content (AvgIpc) is 2.46. The van der Waals surface area contributed by atoms with Gasteiger partial charge in [-0.15, -0.1) is 0 Å². The minimum absolute atomic E-state index is 1.04. The number of aryl methyl sites for hydroxylation is 1. The van der Waals surface area contributed by atoms with Gasteiger partial charge < -0.3 is 0 Å². The maximum absolute atomic E-state index is 4.81. The molecule has 21 heavy (non-hydrogen) atoms. The number of rotatable bonds is 2. The van der Waals surface area contributed by atoms with Gasteiger partial charge in [-0.3, -0.25) is 0 Å². The molecule has 0 saturated carbocycles. The largest absolute Gasteiger partial charge is 0.248 e. The average molecular weight is 291 g/mol. The topological polar surface area (TPSA) is 12.9 Å². The van der Waals surface area contributed by atoms with E-state index in [9.17, 15) is 0 Å². The molecule has 106 valence electrons. The second kappa shape index (κ2) is 5.12. The van der Waals surface area contributed by atoms with Crippen molar-refractivity contribution in [2.24, 2.45) is 0 Å². The summed E-state index contributed by atoms with van der Waals surface area (Å²) in [6.07, 6.45) is 0. The molecule has 0 aliphatic rings. The standard InChI is InChI=1S/C19H21NSi/c1-14-5-7-15(8-6-14)18-11-9-16-13-17(21(2,3)4)10-12-19(16)20-18/h5-13H,1-4H3. The maximum Gasteiger partial charge on any atom is 0.0776 e. The first-order chi connectivity index (χ1) is 9.93. The Hall–Kier alpha value is -1.93. The summed E-state index contributed by atoms with van der Waals surface area (Å²) in [7, 11) is -1.26. The van der Waals surface area contributed by atoms with Gasteiger partial charge in [0.25, 0.3) is 0 Å². The number of fused-ring (bicyclic) bond motifs is 1. The molecular weight excluding hydrogens is 270 g/mol. The van der Waals surface area contributed by atoms with Crippen molar-refractivity contribution in [3.05, 3.63) is 60.2 Å². The molecule has 0 aliphatic carbocycles. The fourth-order valence-electron chi connectivity index (χ4n) is 2.48. The molecule has 0 N–H and O–H groups in total. The molecule has 0 atom stereocenters. The molecule has 2 aromatic carbocycles. The number of nitrogens with zero attached hydrogens (tertiary/aromatic N) is 1. The van der Waals surface area contributed by atoms with Crippen LogP contribution in [0.4, 0.5) is 0 Å². The summed E-state index contributed by atoms with van der Waals surface area (Å²) in [6.45, 7) is 9.24. The zero-order chi connectivity index (χ0) is 15.0. The molecule has 0 radical (unpaired) electrons. The van der Waals surface area contributed by atoms with Crippen LogP contribution in [0, 0.1) is 6.92 Å². The van der Waals surface area contributed by atoms with E-state index < -0.39 is 8.07 Å². The van der Waals surface area contributed by atoms with E-state index in [1.165, 1.54) is 21.7 Å². The van der Waals surface area contributed by atoms with Crippen molar-refractivity contribution in [3.8, 4) is 11.3 Å². The van der Waals surface area contributed by atoms with Crippen molar-refractivity contribution in [1.29, 1.82) is 0 Å². The lowest BCUT2D eigenvalue weighted by Gasteiger charge is -2.17. The fourth-order valence-corrected chi connectivity index (χ4v) is 3.65. The van der Waals surface area contributed by atoms with Crippen LogP contribution in [0.5, 0.6) is 0 Å². The van der Waals surface area contributed by atoms with E-state index in [1.807, 2.05) is 0 Å². The van der Waals surface area contributed by atoms with Gasteiger partial charge in [0, 0.05) is 10.9 Å². The van der Waals surface area contributed by atoms with Gasteiger partial charge in [0.15, 0.2) is 0 Å². The molecule has 0 unspecified atom stereocenters. The van der Waals surface area contributed by atoms with Crippen LogP contribution in [0.3, 0.4) is 0 Å². The smallest absolute Gasteiger partial charge is 0.0776 e. The normalized spacial score (nSPS) is 11.8. The van der Waals surface area contributed by atoms with Crippen LogP contribution in [-0.4, -0.2) is 13.1 Å². The number of pyridine rings is 1. The Labute approximate surface area is 127 Å². The summed E-state index contributed by atoms with van der Waals surface area (Å²) in [4.78, 5) is 4.81. The molecule has 3 aromatic rings. The molecule has 1 nitrogen and oxygen atoms in total. The van der Waals surface area contributed by atoms with Gasteiger partial charge in [0.1, 0.15) is 0 Å². The van der Waals surface area contributed by atoms with Gasteiger partial charge in [-0.2, -0.15) is 0 Å². The molecular formula is C19H21NSi. The first-order valence-electron chi connectivity index (χ1n) is 7.42. The van der Waals surface area contributed by atoms with E-state index in [4.69, 9.17) is 4.98 Å². The lowest BCUT2D eigenvalue weighted by molar-refractivity contribution is 1.38. The molecule has 0 bridgehead atoms. The third-order valence-electron chi connectivity index (χ3n) is 3.90. The van der Waals surface area contributed by atoms with Crippen molar-refractivity contribution in [2.45, 2.75) is 26.6 Å². The van der Waals surface area contributed by atoms with Gasteiger partial charge in [-0.1, -0.05) is 72.9 Å². The molecule has 2 heteroatoms. The summed E-state index contributed by atoms with van der Waals surface area (Å²) < 4.78 is 0. The van der Waals surface area contributed by atoms with Gasteiger partial charge in [0.2, 0.25) is 0 Å². The van der Waals surface area contributed by atoms with Gasteiger partial charge in [-0.25, -0.2) is 4.98 Å². The van der Waals surface area contributed by atoms with E-state index in [-0.39, 0.29) is 0 Å². The monoisotopic (exact) mass is 291 g/mol. The second-order valence-electron chi connectivity index (χ2n) is 6.72. The van der Waals surface area contributed by atoms with Crippen LogP contribution in [0.15, 0.2) is 54.6 Å². The van der Waals surface area contributed by atoms with Crippen molar-refractivity contribution in [3.63, 3.8) is 0 Å². The first kappa shape index (κ1) is 14.0. The Balaban J connectivity index is 2.07. The lowest BCUT2D eigenvalue weighted by atomic mass is 10.1. The molecule has 0 saturated heterocycles. The summed E-state index contributed by atoms with van der Waals surface area (Å²) >= 11 is 0. The summed E-state index contributed by atoms with van der Waals surface area (Å²) in [5.74, 6) is 0. The van der Waals surface area contributed by atoms with Crippen molar-refractivity contribution in [2.75, 3.05) is 0 Å². The lowest BCUT2D eigenvalue weighted by Crippen LogP contribution is -2.37. The Morgan fingerprint density at radius 1 is 0.810 bits per heavy atom. The van der Waals surface area contributed by atoms with E-state index in [0.29, 0.717) is 0 Å². The van der Waals surface area contributed by atoms with Gasteiger partial charge >= 0.3 is 0 Å². The highest BCUT2D eigenvalue weighted by atomic mass is 28.3. The third-order valence-corrected chi connectivity index (χ3v) is 5.95. The third kappa shape index (κ3) is 2.91. The molecule has 0 aliphatic heterocycles. The van der Waals surface area contributed by atoms with E-state index >= 15 is 0 Å². The summed E-state index contributed by atoms with van der Waals surface area (Å²) in [5, 5.41) is 2.73. The summed E-state index contributed by atoms with van der Waals surface area (Å²) in [5.41, 5.74) is 4.58. The van der Waals surface area contributed by atoms with E-state index in [2.05, 4.69) is 81.2 Å². The molecule has 1 aromatic heterocycles. The van der Waals surface area contributed by atoms with Crippen LogP contribution in [0.25, 0.3) is 22.2 Å². The van der Waals surface area contributed by atoms with E-state index in [0.717, 1.165) is 11.2 Å². The Kier molecular flexibility index (Phi) is 3.42. The summed E-state index contributed by atoms with van der Waals surface area (Å²) in [6, 6.07) is 19.6. The SMILES string of the molecule is Cc1ccc(-c2ccc3cc([Si](C)(C)C)ccc3n2)cc1. The minimum Gasteiger partial charge on any atom is -0.248 e. The molecule has 0 amide bonds. The number of hydrogen-bond acceptors (Lipinski definition) is 1.